The quantitative estimate of drug-likeness (QED) is 0.227. The number of likely N-dealkylation sites (tertiary alicyclic amines) is 1. The van der Waals surface area contributed by atoms with Crippen molar-refractivity contribution in [2.75, 3.05) is 23.3 Å². The first kappa shape index (κ1) is 32.7. The molecule has 1 saturated heterocycles. The number of benzene rings is 2. The number of fused-ring (bicyclic) bond motifs is 1. The SMILES string of the molecule is C[C@H]1CCCN(Cc2cc3c(c(C(F)(F)F)c2)CN(c2cc(-c4ccc(C#N)cc4-c4nncn4C)cc(N[C@@H](C)CC#N)n2)C3=O)C1. The molecule has 0 spiro atoms. The monoisotopic (exact) mass is 653 g/mol. The van der Waals surface area contributed by atoms with Crippen LogP contribution in [0.15, 0.2) is 48.8 Å². The molecule has 48 heavy (non-hydrogen) atoms. The Labute approximate surface area is 276 Å². The molecule has 0 aliphatic carbocycles. The molecule has 4 aromatic rings. The van der Waals surface area contributed by atoms with Crippen molar-refractivity contribution in [1.82, 2.24) is 24.6 Å². The van der Waals surface area contributed by atoms with E-state index in [9.17, 15) is 28.5 Å². The minimum absolute atomic E-state index is 0.0163. The number of rotatable bonds is 8. The lowest BCUT2D eigenvalue weighted by Crippen LogP contribution is -2.33. The highest BCUT2D eigenvalue weighted by Crippen LogP contribution is 2.41. The predicted molar refractivity (Wildman–Crippen MR) is 173 cm³/mol. The van der Waals surface area contributed by atoms with E-state index in [2.05, 4.69) is 44.5 Å². The van der Waals surface area contributed by atoms with Gasteiger partial charge in [0.2, 0.25) is 0 Å². The van der Waals surface area contributed by atoms with Crippen LogP contribution < -0.4 is 10.2 Å². The fourth-order valence-electron chi connectivity index (χ4n) is 6.59. The predicted octanol–water partition coefficient (Wildman–Crippen LogP) is 6.54. The number of carbonyl (C=O) groups is 1. The molecule has 2 aliphatic heterocycles. The fraction of sp³-hybridized carbons (Fsp3) is 0.371. The summed E-state index contributed by atoms with van der Waals surface area (Å²) in [5.41, 5.74) is 1.77. The number of halogens is 3. The van der Waals surface area contributed by atoms with Crippen LogP contribution in [0.25, 0.3) is 22.5 Å². The first-order valence-electron chi connectivity index (χ1n) is 15.8. The van der Waals surface area contributed by atoms with Crippen molar-refractivity contribution in [3.8, 4) is 34.7 Å². The summed E-state index contributed by atoms with van der Waals surface area (Å²) in [4.78, 5) is 22.1. The number of nitriles is 2. The summed E-state index contributed by atoms with van der Waals surface area (Å²) in [5.74, 6) is 0.849. The highest BCUT2D eigenvalue weighted by atomic mass is 19.4. The molecule has 1 amide bonds. The Bertz CT molecular complexity index is 1960. The number of alkyl halides is 3. The van der Waals surface area contributed by atoms with Gasteiger partial charge in [0, 0.05) is 37.3 Å². The van der Waals surface area contributed by atoms with Crippen LogP contribution in [0.1, 0.15) is 65.7 Å². The number of hydrogen-bond donors (Lipinski definition) is 1. The summed E-state index contributed by atoms with van der Waals surface area (Å²) in [5, 5.41) is 30.3. The molecule has 6 rings (SSSR count). The van der Waals surface area contributed by atoms with Crippen LogP contribution in [0.2, 0.25) is 0 Å². The van der Waals surface area contributed by atoms with Crippen molar-refractivity contribution >= 4 is 17.5 Å². The number of pyridine rings is 1. The van der Waals surface area contributed by atoms with E-state index in [4.69, 9.17) is 0 Å². The Kier molecular flexibility index (Phi) is 8.91. The number of nitrogens with zero attached hydrogens (tertiary/aromatic N) is 8. The van der Waals surface area contributed by atoms with E-state index >= 15 is 0 Å². The Morgan fingerprint density at radius 3 is 2.60 bits per heavy atom. The van der Waals surface area contributed by atoms with Crippen LogP contribution in [0.3, 0.4) is 0 Å². The summed E-state index contributed by atoms with van der Waals surface area (Å²) in [6.07, 6.45) is -0.889. The molecule has 4 heterocycles. The largest absolute Gasteiger partial charge is 0.416 e. The van der Waals surface area contributed by atoms with Gasteiger partial charge in [-0.1, -0.05) is 13.0 Å². The van der Waals surface area contributed by atoms with Crippen molar-refractivity contribution in [3.63, 3.8) is 0 Å². The lowest BCUT2D eigenvalue weighted by Gasteiger charge is -2.31. The summed E-state index contributed by atoms with van der Waals surface area (Å²) >= 11 is 0. The lowest BCUT2D eigenvalue weighted by atomic mass is 9.96. The van der Waals surface area contributed by atoms with Crippen LogP contribution >= 0.6 is 0 Å². The molecule has 2 aliphatic rings. The van der Waals surface area contributed by atoms with Gasteiger partial charge in [0.15, 0.2) is 5.82 Å². The van der Waals surface area contributed by atoms with E-state index in [1.165, 1.54) is 17.3 Å². The average molecular weight is 654 g/mol. The number of anilines is 2. The van der Waals surface area contributed by atoms with Crippen molar-refractivity contribution in [1.29, 1.82) is 10.5 Å². The molecule has 2 atom stereocenters. The molecule has 0 unspecified atom stereocenters. The molecule has 13 heteroatoms. The van der Waals surface area contributed by atoms with Crippen LogP contribution in [-0.2, 0) is 26.3 Å². The highest BCUT2D eigenvalue weighted by Gasteiger charge is 2.41. The Balaban J connectivity index is 1.45. The summed E-state index contributed by atoms with van der Waals surface area (Å²) in [6.45, 7) is 5.55. The molecule has 0 bridgehead atoms. The summed E-state index contributed by atoms with van der Waals surface area (Å²) in [6, 6.07) is 15.2. The maximum atomic E-state index is 14.5. The Hall–Kier alpha value is -5.27. The van der Waals surface area contributed by atoms with E-state index in [0.717, 1.165) is 25.9 Å². The van der Waals surface area contributed by atoms with Crippen molar-refractivity contribution in [3.05, 3.63) is 76.6 Å². The van der Waals surface area contributed by atoms with Gasteiger partial charge >= 0.3 is 6.18 Å². The number of carbonyl (C=O) groups excluding carboxylic acids is 1. The molecule has 0 radical (unpaired) electrons. The minimum atomic E-state index is -4.66. The van der Waals surface area contributed by atoms with Gasteiger partial charge in [-0.3, -0.25) is 14.6 Å². The third kappa shape index (κ3) is 6.60. The van der Waals surface area contributed by atoms with Gasteiger partial charge < -0.3 is 9.88 Å². The fourth-order valence-corrected chi connectivity index (χ4v) is 6.59. The molecular formula is C35H34F3N9O. The van der Waals surface area contributed by atoms with Crippen molar-refractivity contribution in [2.45, 2.75) is 58.4 Å². The maximum Gasteiger partial charge on any atom is 0.416 e. The Morgan fingerprint density at radius 2 is 1.92 bits per heavy atom. The van der Waals surface area contributed by atoms with E-state index in [0.29, 0.717) is 51.9 Å². The summed E-state index contributed by atoms with van der Waals surface area (Å²) in [7, 11) is 1.77. The topological polar surface area (TPSA) is 127 Å². The highest BCUT2D eigenvalue weighted by molar-refractivity contribution is 6.10. The first-order chi connectivity index (χ1) is 22.9. The molecule has 246 valence electrons. The van der Waals surface area contributed by atoms with Gasteiger partial charge in [-0.05, 0) is 90.9 Å². The average Bonchev–Trinajstić information content (AvgIpc) is 3.62. The molecule has 2 aromatic carbocycles. The Morgan fingerprint density at radius 1 is 1.10 bits per heavy atom. The van der Waals surface area contributed by atoms with E-state index in [-0.39, 0.29) is 36.0 Å². The molecule has 0 saturated carbocycles. The standard InChI is InChI=1S/C35H34F3N9O/c1-21-5-4-10-46(17-21)18-24-12-28-29(30(13-24)35(36,37)38)19-47(34(28)48)32-15-25(14-31(43-32)42-22(2)8-9-39)26-7-6-23(16-40)11-27(26)33-44-41-20-45(33)3/h6-7,11-15,20-22H,4-5,8,10,17-19H2,1-3H3,(H,42,43)/t21-,22-/m0/s1. The number of hydrogen-bond acceptors (Lipinski definition) is 8. The molecular weight excluding hydrogens is 619 g/mol. The number of amides is 1. The van der Waals surface area contributed by atoms with Gasteiger partial charge in [-0.25, -0.2) is 4.98 Å². The maximum absolute atomic E-state index is 14.5. The van der Waals surface area contributed by atoms with Crippen molar-refractivity contribution < 1.29 is 18.0 Å². The van der Waals surface area contributed by atoms with Crippen molar-refractivity contribution in [2.24, 2.45) is 13.0 Å². The van der Waals surface area contributed by atoms with Crippen LogP contribution in [0.4, 0.5) is 24.8 Å². The third-order valence-electron chi connectivity index (χ3n) is 8.85. The van der Waals surface area contributed by atoms with E-state index in [1.54, 1.807) is 54.9 Å². The number of aromatic nitrogens is 4. The molecule has 10 nitrogen and oxygen atoms in total. The van der Waals surface area contributed by atoms with E-state index in [1.807, 2.05) is 0 Å². The number of piperidine rings is 1. The number of aryl methyl sites for hydroxylation is 1. The van der Waals surface area contributed by atoms with Crippen LogP contribution in [-0.4, -0.2) is 49.7 Å². The van der Waals surface area contributed by atoms with Gasteiger partial charge in [0.25, 0.3) is 5.91 Å². The zero-order chi connectivity index (χ0) is 34.2. The third-order valence-corrected chi connectivity index (χ3v) is 8.85. The van der Waals surface area contributed by atoms with Crippen LogP contribution in [0, 0.1) is 28.6 Å². The summed E-state index contributed by atoms with van der Waals surface area (Å²) < 4.78 is 45.3. The minimum Gasteiger partial charge on any atom is -0.366 e. The van der Waals surface area contributed by atoms with Gasteiger partial charge in [-0.15, -0.1) is 10.2 Å². The smallest absolute Gasteiger partial charge is 0.366 e. The second-order valence-corrected chi connectivity index (χ2v) is 12.7. The van der Waals surface area contributed by atoms with Gasteiger partial charge in [-0.2, -0.15) is 23.7 Å². The second-order valence-electron chi connectivity index (χ2n) is 12.7. The second kappa shape index (κ2) is 13.1. The van der Waals surface area contributed by atoms with E-state index < -0.39 is 17.6 Å². The molecule has 1 N–H and O–H groups in total. The zero-order valence-electron chi connectivity index (χ0n) is 26.8. The molecule has 2 aromatic heterocycles. The number of nitrogens with one attached hydrogen (secondary N) is 1. The molecule has 1 fully saturated rings. The first-order valence-corrected chi connectivity index (χ1v) is 15.8. The van der Waals surface area contributed by atoms with Crippen LogP contribution in [0.5, 0.6) is 0 Å². The van der Waals surface area contributed by atoms with Gasteiger partial charge in [0.05, 0.1) is 36.2 Å². The zero-order valence-corrected chi connectivity index (χ0v) is 26.8. The lowest BCUT2D eigenvalue weighted by molar-refractivity contribution is -0.138. The normalized spacial score (nSPS) is 17.1. The van der Waals surface area contributed by atoms with Gasteiger partial charge in [0.1, 0.15) is 18.0 Å².